The van der Waals surface area contributed by atoms with Crippen LogP contribution in [0.3, 0.4) is 0 Å². The number of hydrogen-bond acceptors (Lipinski definition) is 1. The first kappa shape index (κ1) is 13.9. The van der Waals surface area contributed by atoms with Crippen LogP contribution in [-0.2, 0) is 12.8 Å². The molecule has 1 atom stereocenters. The van der Waals surface area contributed by atoms with Crippen LogP contribution in [-0.4, -0.2) is 35.6 Å². The van der Waals surface area contributed by atoms with Crippen LogP contribution in [0.4, 0.5) is 0 Å². The molecular formula is C12H18NNa. The van der Waals surface area contributed by atoms with Crippen LogP contribution in [0.15, 0.2) is 36.9 Å². The molecule has 0 fully saturated rings. The second-order valence-corrected chi connectivity index (χ2v) is 3.49. The molecule has 0 amide bonds. The Morgan fingerprint density at radius 3 is 2.21 bits per heavy atom. The molecule has 0 aliphatic heterocycles. The van der Waals surface area contributed by atoms with Gasteiger partial charge in [-0.1, -0.05) is 30.3 Å². The van der Waals surface area contributed by atoms with E-state index in [0.717, 1.165) is 12.8 Å². The zero-order chi connectivity index (χ0) is 9.68. The molecule has 1 aromatic carbocycles. The summed E-state index contributed by atoms with van der Waals surface area (Å²) in [5, 5.41) is 0. The molecular weight excluding hydrogens is 181 g/mol. The minimum absolute atomic E-state index is 0. The summed E-state index contributed by atoms with van der Waals surface area (Å²) in [7, 11) is 0. The van der Waals surface area contributed by atoms with Gasteiger partial charge in [0.05, 0.1) is 0 Å². The molecule has 0 aliphatic rings. The topological polar surface area (TPSA) is 26.0 Å². The van der Waals surface area contributed by atoms with Crippen LogP contribution in [0.25, 0.3) is 0 Å². The predicted molar refractivity (Wildman–Crippen MR) is 64.8 cm³/mol. The average Bonchev–Trinajstić information content (AvgIpc) is 2.08. The van der Waals surface area contributed by atoms with Gasteiger partial charge in [0.2, 0.25) is 0 Å². The third kappa shape index (κ3) is 4.97. The third-order valence-electron chi connectivity index (χ3n) is 1.96. The van der Waals surface area contributed by atoms with E-state index in [-0.39, 0.29) is 35.6 Å². The molecule has 0 aliphatic carbocycles. The van der Waals surface area contributed by atoms with Crippen LogP contribution in [0.1, 0.15) is 18.1 Å². The summed E-state index contributed by atoms with van der Waals surface area (Å²) < 4.78 is 0. The molecule has 0 bridgehead atoms. The van der Waals surface area contributed by atoms with Crippen molar-refractivity contribution in [3.05, 3.63) is 48.0 Å². The average molecular weight is 199 g/mol. The van der Waals surface area contributed by atoms with Gasteiger partial charge in [0, 0.05) is 6.04 Å². The summed E-state index contributed by atoms with van der Waals surface area (Å²) >= 11 is 0. The van der Waals surface area contributed by atoms with Crippen LogP contribution in [0, 0.1) is 0 Å². The normalized spacial score (nSPS) is 11.6. The van der Waals surface area contributed by atoms with Gasteiger partial charge in [-0.15, -0.1) is 6.58 Å². The van der Waals surface area contributed by atoms with Gasteiger partial charge in [-0.2, -0.15) is 0 Å². The van der Waals surface area contributed by atoms with Crippen molar-refractivity contribution in [1.29, 1.82) is 0 Å². The second kappa shape index (κ2) is 7.24. The van der Waals surface area contributed by atoms with E-state index in [4.69, 9.17) is 5.73 Å². The second-order valence-electron chi connectivity index (χ2n) is 3.49. The van der Waals surface area contributed by atoms with E-state index >= 15 is 0 Å². The van der Waals surface area contributed by atoms with Crippen LogP contribution in [0.2, 0.25) is 0 Å². The van der Waals surface area contributed by atoms with Crippen molar-refractivity contribution in [2.75, 3.05) is 0 Å². The van der Waals surface area contributed by atoms with E-state index in [9.17, 15) is 0 Å². The van der Waals surface area contributed by atoms with Crippen molar-refractivity contribution in [2.24, 2.45) is 5.73 Å². The molecule has 2 N–H and O–H groups in total. The van der Waals surface area contributed by atoms with Gasteiger partial charge >= 0.3 is 29.6 Å². The van der Waals surface area contributed by atoms with Crippen LogP contribution < -0.4 is 5.73 Å². The molecule has 0 aromatic heterocycles. The summed E-state index contributed by atoms with van der Waals surface area (Å²) in [6, 6.07) is 8.80. The van der Waals surface area contributed by atoms with Crippen molar-refractivity contribution < 1.29 is 0 Å². The molecule has 0 spiro atoms. The molecule has 1 unspecified atom stereocenters. The molecule has 0 saturated heterocycles. The minimum atomic E-state index is 0. The van der Waals surface area contributed by atoms with E-state index in [1.807, 2.05) is 13.0 Å². The van der Waals surface area contributed by atoms with Crippen molar-refractivity contribution in [2.45, 2.75) is 25.8 Å². The first-order chi connectivity index (χ1) is 6.22. The van der Waals surface area contributed by atoms with Crippen LogP contribution >= 0.6 is 0 Å². The summed E-state index contributed by atoms with van der Waals surface area (Å²) in [5.41, 5.74) is 8.32. The zero-order valence-corrected chi connectivity index (χ0v) is 8.16. The van der Waals surface area contributed by atoms with E-state index in [1.54, 1.807) is 0 Å². The Morgan fingerprint density at radius 2 is 1.79 bits per heavy atom. The van der Waals surface area contributed by atoms with Crippen LogP contribution in [0.5, 0.6) is 0 Å². The van der Waals surface area contributed by atoms with Crippen molar-refractivity contribution >= 4 is 29.6 Å². The molecule has 1 rings (SSSR count). The Kier molecular flexibility index (Phi) is 7.20. The van der Waals surface area contributed by atoms with E-state index in [0.29, 0.717) is 0 Å². The Morgan fingerprint density at radius 1 is 1.29 bits per heavy atom. The molecule has 72 valence electrons. The number of benzene rings is 1. The van der Waals surface area contributed by atoms with Gasteiger partial charge in [0.1, 0.15) is 0 Å². The summed E-state index contributed by atoms with van der Waals surface area (Å²) in [6.07, 6.45) is 3.81. The maximum atomic E-state index is 5.70. The molecule has 1 nitrogen and oxygen atoms in total. The van der Waals surface area contributed by atoms with E-state index in [1.165, 1.54) is 11.1 Å². The van der Waals surface area contributed by atoms with Crippen molar-refractivity contribution in [1.82, 2.24) is 0 Å². The number of allylic oxidation sites excluding steroid dienone is 1. The van der Waals surface area contributed by atoms with Crippen molar-refractivity contribution in [3.63, 3.8) is 0 Å². The summed E-state index contributed by atoms with van der Waals surface area (Å²) in [4.78, 5) is 0. The number of rotatable bonds is 4. The molecule has 14 heavy (non-hydrogen) atoms. The third-order valence-corrected chi connectivity index (χ3v) is 1.96. The Bertz CT molecular complexity index is 264. The Balaban J connectivity index is 0.00000169. The van der Waals surface area contributed by atoms with Gasteiger partial charge in [-0.05, 0) is 30.9 Å². The Labute approximate surface area is 109 Å². The molecule has 1 aromatic rings. The summed E-state index contributed by atoms with van der Waals surface area (Å²) in [6.45, 7) is 5.73. The monoisotopic (exact) mass is 199 g/mol. The quantitative estimate of drug-likeness (QED) is 0.579. The van der Waals surface area contributed by atoms with Gasteiger partial charge < -0.3 is 5.73 Å². The standard InChI is InChI=1S/C12H17N.Na.H/c1-3-4-11-5-7-12(8-6-11)9-10(2)13;;/h3,5-8,10H,1,4,9,13H2,2H3;;. The van der Waals surface area contributed by atoms with Crippen molar-refractivity contribution in [3.8, 4) is 0 Å². The fourth-order valence-corrected chi connectivity index (χ4v) is 1.35. The first-order valence-electron chi connectivity index (χ1n) is 4.66. The van der Waals surface area contributed by atoms with Gasteiger partial charge in [0.15, 0.2) is 0 Å². The summed E-state index contributed by atoms with van der Waals surface area (Å²) in [5.74, 6) is 0. The van der Waals surface area contributed by atoms with Gasteiger partial charge in [-0.25, -0.2) is 0 Å². The maximum absolute atomic E-state index is 5.70. The van der Waals surface area contributed by atoms with Gasteiger partial charge in [0.25, 0.3) is 0 Å². The number of hydrogen-bond donors (Lipinski definition) is 1. The molecule has 0 radical (unpaired) electrons. The predicted octanol–water partition coefficient (Wildman–Crippen LogP) is 1.66. The zero-order valence-electron chi connectivity index (χ0n) is 8.16. The van der Waals surface area contributed by atoms with E-state index < -0.39 is 0 Å². The first-order valence-corrected chi connectivity index (χ1v) is 4.66. The SMILES string of the molecule is C=CCc1ccc(CC(C)N)cc1.[NaH]. The fourth-order valence-electron chi connectivity index (χ4n) is 1.35. The molecule has 0 heterocycles. The fraction of sp³-hybridized carbons (Fsp3) is 0.333. The van der Waals surface area contributed by atoms with E-state index in [2.05, 4.69) is 30.8 Å². The Hall–Kier alpha value is -0.0800. The number of nitrogens with two attached hydrogens (primary N) is 1. The molecule has 0 saturated carbocycles. The molecule has 2 heteroatoms. The van der Waals surface area contributed by atoms with Gasteiger partial charge in [-0.3, -0.25) is 0 Å².